The maximum atomic E-state index is 13.0. The molecule has 0 unspecified atom stereocenters. The number of nitrogens with one attached hydrogen (secondary N) is 2. The largest absolute Gasteiger partial charge is 0.495 e. The predicted octanol–water partition coefficient (Wildman–Crippen LogP) is 5.78. The van der Waals surface area contributed by atoms with Crippen LogP contribution in [0.3, 0.4) is 0 Å². The number of anilines is 4. The van der Waals surface area contributed by atoms with E-state index < -0.39 is 0 Å². The van der Waals surface area contributed by atoms with Gasteiger partial charge in [0, 0.05) is 17.1 Å². The van der Waals surface area contributed by atoms with Crippen LogP contribution in [-0.4, -0.2) is 22.9 Å². The number of ether oxygens (including phenoxy) is 1. The van der Waals surface area contributed by atoms with Gasteiger partial charge in [0.25, 0.3) is 0 Å². The summed E-state index contributed by atoms with van der Waals surface area (Å²) in [6.07, 6.45) is 1.14. The van der Waals surface area contributed by atoms with Crippen molar-refractivity contribution in [1.29, 1.82) is 0 Å². The molecule has 1 heterocycles. The number of benzene rings is 2. The van der Waals surface area contributed by atoms with Crippen LogP contribution in [0.5, 0.6) is 5.75 Å². The van der Waals surface area contributed by atoms with E-state index in [1.54, 1.807) is 19.2 Å². The number of carbonyl (C=O) groups is 1. The second-order valence-corrected chi connectivity index (χ2v) is 8.55. The Hall–Kier alpha value is -3.12. The first kappa shape index (κ1) is 20.2. The number of ketones is 1. The molecule has 0 spiro atoms. The van der Waals surface area contributed by atoms with Gasteiger partial charge >= 0.3 is 0 Å². The molecule has 0 saturated carbocycles. The van der Waals surface area contributed by atoms with Gasteiger partial charge in [-0.3, -0.25) is 4.79 Å². The van der Waals surface area contributed by atoms with E-state index in [9.17, 15) is 4.79 Å². The van der Waals surface area contributed by atoms with Crippen molar-refractivity contribution in [2.75, 3.05) is 17.7 Å². The van der Waals surface area contributed by atoms with E-state index in [1.165, 1.54) is 0 Å². The van der Waals surface area contributed by atoms with Crippen LogP contribution < -0.4 is 15.4 Å². The minimum atomic E-state index is -0.155. The summed E-state index contributed by atoms with van der Waals surface area (Å²) in [4.78, 5) is 22.3. The van der Waals surface area contributed by atoms with Crippen molar-refractivity contribution in [2.24, 2.45) is 5.41 Å². The fourth-order valence-electron chi connectivity index (χ4n) is 3.65. The Morgan fingerprint density at radius 2 is 1.73 bits per heavy atom. The number of nitrogens with zero attached hydrogens (tertiary/aromatic N) is 2. The van der Waals surface area contributed by atoms with Gasteiger partial charge in [0.05, 0.1) is 24.1 Å². The van der Waals surface area contributed by atoms with Crippen LogP contribution in [0.2, 0.25) is 5.02 Å². The smallest absolute Gasteiger partial charge is 0.229 e. The minimum Gasteiger partial charge on any atom is -0.495 e. The van der Waals surface area contributed by atoms with E-state index in [4.69, 9.17) is 16.3 Å². The molecule has 2 N–H and O–H groups in total. The molecule has 7 heteroatoms. The summed E-state index contributed by atoms with van der Waals surface area (Å²) in [5.41, 5.74) is 2.67. The molecular formula is C23H23ClN4O2. The highest BCUT2D eigenvalue weighted by atomic mass is 35.5. The van der Waals surface area contributed by atoms with Gasteiger partial charge < -0.3 is 15.4 Å². The standard InChI is InChI=1S/C23H23ClN4O2/c1-23(2)12-17-20(18(29)13-23)21(26-16-6-4-5-7-19(16)30-3)28-22(27-17)25-15-10-8-14(24)9-11-15/h4-11H,12-13H2,1-3H3,(H2,25,26,27,28). The highest BCUT2D eigenvalue weighted by molar-refractivity contribution is 6.30. The molecule has 1 aliphatic carbocycles. The third-order valence-electron chi connectivity index (χ3n) is 5.01. The lowest BCUT2D eigenvalue weighted by Gasteiger charge is -2.30. The molecule has 3 aromatic rings. The number of para-hydroxylation sites is 2. The quantitative estimate of drug-likeness (QED) is 0.542. The Morgan fingerprint density at radius 1 is 1.00 bits per heavy atom. The molecule has 154 valence electrons. The van der Waals surface area contributed by atoms with Crippen molar-refractivity contribution in [2.45, 2.75) is 26.7 Å². The Kier molecular flexibility index (Phi) is 5.35. The van der Waals surface area contributed by atoms with Gasteiger partial charge in [0.1, 0.15) is 11.6 Å². The highest BCUT2D eigenvalue weighted by Gasteiger charge is 2.35. The van der Waals surface area contributed by atoms with E-state index in [0.29, 0.717) is 40.9 Å². The molecule has 1 aliphatic rings. The molecule has 0 radical (unpaired) electrons. The number of rotatable bonds is 5. The number of halogens is 1. The lowest BCUT2D eigenvalue weighted by Crippen LogP contribution is -2.29. The number of carbonyl (C=O) groups excluding carboxylic acids is 1. The Labute approximate surface area is 180 Å². The van der Waals surface area contributed by atoms with E-state index in [1.807, 2.05) is 36.4 Å². The van der Waals surface area contributed by atoms with Gasteiger partial charge in [0.15, 0.2) is 5.78 Å². The first-order valence-corrected chi connectivity index (χ1v) is 10.1. The number of fused-ring (bicyclic) bond motifs is 1. The maximum absolute atomic E-state index is 13.0. The molecule has 6 nitrogen and oxygen atoms in total. The lowest BCUT2D eigenvalue weighted by atomic mass is 9.75. The molecule has 0 saturated heterocycles. The first-order valence-electron chi connectivity index (χ1n) is 9.71. The van der Waals surface area contributed by atoms with Crippen LogP contribution in [0.4, 0.5) is 23.1 Å². The predicted molar refractivity (Wildman–Crippen MR) is 119 cm³/mol. The molecule has 0 amide bonds. The zero-order valence-electron chi connectivity index (χ0n) is 17.1. The van der Waals surface area contributed by atoms with Crippen molar-refractivity contribution in [3.8, 4) is 5.75 Å². The third-order valence-corrected chi connectivity index (χ3v) is 5.26. The van der Waals surface area contributed by atoms with Crippen molar-refractivity contribution in [3.63, 3.8) is 0 Å². The van der Waals surface area contributed by atoms with Gasteiger partial charge in [-0.2, -0.15) is 4.98 Å². The zero-order chi connectivity index (χ0) is 21.3. The number of Topliss-reactive ketones (excluding diaryl/α,β-unsaturated/α-hetero) is 1. The van der Waals surface area contributed by atoms with Gasteiger partial charge in [-0.05, 0) is 48.2 Å². The average molecular weight is 423 g/mol. The molecule has 1 aromatic heterocycles. The maximum Gasteiger partial charge on any atom is 0.229 e. The van der Waals surface area contributed by atoms with Crippen LogP contribution >= 0.6 is 11.6 Å². The molecule has 30 heavy (non-hydrogen) atoms. The molecule has 2 aromatic carbocycles. The number of methoxy groups -OCH3 is 1. The minimum absolute atomic E-state index is 0.0386. The summed E-state index contributed by atoms with van der Waals surface area (Å²) in [5.74, 6) is 1.60. The van der Waals surface area contributed by atoms with E-state index in [2.05, 4.69) is 34.4 Å². The molecule has 0 fully saturated rings. The fraction of sp³-hybridized carbons (Fsp3) is 0.261. The van der Waals surface area contributed by atoms with Crippen LogP contribution in [0, 0.1) is 5.41 Å². The van der Waals surface area contributed by atoms with Gasteiger partial charge in [-0.1, -0.05) is 37.6 Å². The Bertz CT molecular complexity index is 1100. The van der Waals surface area contributed by atoms with Gasteiger partial charge in [0.2, 0.25) is 5.95 Å². The Balaban J connectivity index is 1.78. The first-order chi connectivity index (χ1) is 14.3. The zero-order valence-corrected chi connectivity index (χ0v) is 17.9. The summed E-state index contributed by atoms with van der Waals surface area (Å²) < 4.78 is 5.44. The van der Waals surface area contributed by atoms with Crippen molar-refractivity contribution >= 4 is 40.5 Å². The number of hydrogen-bond donors (Lipinski definition) is 2. The van der Waals surface area contributed by atoms with Crippen molar-refractivity contribution < 1.29 is 9.53 Å². The molecule has 4 rings (SSSR count). The monoisotopic (exact) mass is 422 g/mol. The second kappa shape index (κ2) is 7.95. The van der Waals surface area contributed by atoms with E-state index >= 15 is 0 Å². The summed E-state index contributed by atoms with van der Waals surface area (Å²) in [7, 11) is 1.61. The fourth-order valence-corrected chi connectivity index (χ4v) is 3.78. The van der Waals surface area contributed by atoms with Crippen LogP contribution in [-0.2, 0) is 6.42 Å². The highest BCUT2D eigenvalue weighted by Crippen LogP contribution is 2.38. The number of aromatic nitrogens is 2. The third kappa shape index (κ3) is 4.24. The van der Waals surface area contributed by atoms with Crippen LogP contribution in [0.1, 0.15) is 36.3 Å². The summed E-state index contributed by atoms with van der Waals surface area (Å²) >= 11 is 5.98. The topological polar surface area (TPSA) is 76.1 Å². The van der Waals surface area contributed by atoms with Crippen LogP contribution in [0.15, 0.2) is 48.5 Å². The summed E-state index contributed by atoms with van der Waals surface area (Å²) in [6.45, 7) is 4.16. The molecule has 0 bridgehead atoms. The molecule has 0 atom stereocenters. The van der Waals surface area contributed by atoms with Crippen molar-refractivity contribution in [1.82, 2.24) is 9.97 Å². The van der Waals surface area contributed by atoms with E-state index in [0.717, 1.165) is 17.1 Å². The normalized spacial score (nSPS) is 14.7. The molecular weight excluding hydrogens is 400 g/mol. The number of hydrogen-bond acceptors (Lipinski definition) is 6. The van der Waals surface area contributed by atoms with Crippen LogP contribution in [0.25, 0.3) is 0 Å². The SMILES string of the molecule is COc1ccccc1Nc1nc(Nc2ccc(Cl)cc2)nc2c1C(=O)CC(C)(C)C2. The lowest BCUT2D eigenvalue weighted by molar-refractivity contribution is 0.0911. The summed E-state index contributed by atoms with van der Waals surface area (Å²) in [5, 5.41) is 7.15. The van der Waals surface area contributed by atoms with Crippen molar-refractivity contribution in [3.05, 3.63) is 64.8 Å². The molecule has 0 aliphatic heterocycles. The van der Waals surface area contributed by atoms with E-state index in [-0.39, 0.29) is 11.2 Å². The second-order valence-electron chi connectivity index (χ2n) is 8.12. The van der Waals surface area contributed by atoms with Gasteiger partial charge in [-0.15, -0.1) is 0 Å². The average Bonchev–Trinajstić information content (AvgIpc) is 2.68. The van der Waals surface area contributed by atoms with Gasteiger partial charge in [-0.25, -0.2) is 4.98 Å². The summed E-state index contributed by atoms with van der Waals surface area (Å²) in [6, 6.07) is 14.8. The Morgan fingerprint density at radius 3 is 2.47 bits per heavy atom.